The zero-order valence-electron chi connectivity index (χ0n) is 15.5. The van der Waals surface area contributed by atoms with Crippen LogP contribution in [0.1, 0.15) is 50.4 Å². The zero-order valence-corrected chi connectivity index (χ0v) is 15.5. The summed E-state index contributed by atoms with van der Waals surface area (Å²) in [6.07, 6.45) is 2.65. The van der Waals surface area contributed by atoms with Gasteiger partial charge in [0.25, 0.3) is 5.69 Å². The first-order valence-corrected chi connectivity index (χ1v) is 9.07. The van der Waals surface area contributed by atoms with E-state index < -0.39 is 16.5 Å². The first kappa shape index (κ1) is 17.7. The van der Waals surface area contributed by atoms with Crippen LogP contribution in [0.2, 0.25) is 0 Å². The Morgan fingerprint density at radius 1 is 1.30 bits per heavy atom. The second-order valence-corrected chi connectivity index (χ2v) is 8.43. The Morgan fingerprint density at radius 2 is 2.04 bits per heavy atom. The summed E-state index contributed by atoms with van der Waals surface area (Å²) in [7, 11) is 0. The SMILES string of the molecule is CC1(C)[C@@H]2CC[C@]1(C)[C@H](OC(=O)c1cc3cc([N+](=O)[O-])ccc3oc1=O)C2. The number of nitrogens with zero attached hydrogens (tertiary/aromatic N) is 1. The maximum atomic E-state index is 12.7. The Labute approximate surface area is 155 Å². The largest absolute Gasteiger partial charge is 0.458 e. The number of nitro benzene ring substituents is 1. The molecule has 1 aromatic carbocycles. The summed E-state index contributed by atoms with van der Waals surface area (Å²) in [5.41, 5.74) is -1.02. The molecule has 2 fully saturated rings. The van der Waals surface area contributed by atoms with Crippen LogP contribution in [-0.4, -0.2) is 17.0 Å². The molecule has 0 saturated heterocycles. The molecule has 7 heteroatoms. The van der Waals surface area contributed by atoms with Crippen molar-refractivity contribution in [3.05, 3.63) is 50.4 Å². The molecule has 2 saturated carbocycles. The highest BCUT2D eigenvalue weighted by Gasteiger charge is 2.62. The van der Waals surface area contributed by atoms with E-state index in [1.165, 1.54) is 24.3 Å². The van der Waals surface area contributed by atoms with Crippen LogP contribution in [0.4, 0.5) is 5.69 Å². The number of carbonyl (C=O) groups excluding carboxylic acids is 1. The molecule has 2 aliphatic rings. The van der Waals surface area contributed by atoms with Gasteiger partial charge in [0.15, 0.2) is 0 Å². The molecule has 3 atom stereocenters. The van der Waals surface area contributed by atoms with E-state index >= 15 is 0 Å². The third kappa shape index (κ3) is 2.48. The number of hydrogen-bond acceptors (Lipinski definition) is 6. The van der Waals surface area contributed by atoms with Crippen molar-refractivity contribution < 1.29 is 18.9 Å². The molecule has 2 aromatic rings. The number of benzene rings is 1. The average Bonchev–Trinajstić information content (AvgIpc) is 2.94. The molecule has 0 radical (unpaired) electrons. The first-order chi connectivity index (χ1) is 12.6. The molecule has 0 spiro atoms. The molecular formula is C20H21NO6. The van der Waals surface area contributed by atoms with E-state index in [1.807, 2.05) is 0 Å². The maximum absolute atomic E-state index is 12.7. The normalized spacial score (nSPS) is 28.4. The lowest BCUT2D eigenvalue weighted by Crippen LogP contribution is -2.38. The van der Waals surface area contributed by atoms with Gasteiger partial charge in [0.1, 0.15) is 17.3 Å². The van der Waals surface area contributed by atoms with Gasteiger partial charge in [-0.15, -0.1) is 0 Å². The molecule has 0 amide bonds. The van der Waals surface area contributed by atoms with Gasteiger partial charge in [-0.3, -0.25) is 10.1 Å². The van der Waals surface area contributed by atoms with Crippen molar-refractivity contribution in [3.63, 3.8) is 0 Å². The van der Waals surface area contributed by atoms with Gasteiger partial charge in [-0.1, -0.05) is 20.8 Å². The van der Waals surface area contributed by atoms with E-state index in [2.05, 4.69) is 20.8 Å². The van der Waals surface area contributed by atoms with E-state index in [0.717, 1.165) is 19.3 Å². The quantitative estimate of drug-likeness (QED) is 0.349. The number of nitro groups is 1. The Bertz CT molecular complexity index is 1020. The monoisotopic (exact) mass is 371 g/mol. The van der Waals surface area contributed by atoms with E-state index in [1.54, 1.807) is 0 Å². The van der Waals surface area contributed by atoms with Gasteiger partial charge in [-0.05, 0) is 42.7 Å². The third-order valence-electron chi connectivity index (χ3n) is 7.11. The highest BCUT2D eigenvalue weighted by atomic mass is 16.6. The molecule has 0 unspecified atom stereocenters. The second-order valence-electron chi connectivity index (χ2n) is 8.43. The molecule has 4 rings (SSSR count). The molecule has 7 nitrogen and oxygen atoms in total. The van der Waals surface area contributed by atoms with Crippen molar-refractivity contribution in [3.8, 4) is 0 Å². The minimum atomic E-state index is -0.797. The summed E-state index contributed by atoms with van der Waals surface area (Å²) in [6, 6.07) is 5.19. The highest BCUT2D eigenvalue weighted by molar-refractivity contribution is 5.93. The van der Waals surface area contributed by atoms with Crippen molar-refractivity contribution in [1.29, 1.82) is 0 Å². The fourth-order valence-electron chi connectivity index (χ4n) is 4.87. The third-order valence-corrected chi connectivity index (χ3v) is 7.11. The van der Waals surface area contributed by atoms with Crippen LogP contribution >= 0.6 is 0 Å². The van der Waals surface area contributed by atoms with E-state index in [0.29, 0.717) is 11.3 Å². The molecule has 0 aliphatic heterocycles. The van der Waals surface area contributed by atoms with Gasteiger partial charge in [0.2, 0.25) is 0 Å². The van der Waals surface area contributed by atoms with Gasteiger partial charge in [-0.2, -0.15) is 0 Å². The average molecular weight is 371 g/mol. The summed E-state index contributed by atoms with van der Waals surface area (Å²) in [5.74, 6) is -0.234. The minimum Gasteiger partial charge on any atom is -0.458 e. The van der Waals surface area contributed by atoms with Crippen molar-refractivity contribution in [1.82, 2.24) is 0 Å². The first-order valence-electron chi connectivity index (χ1n) is 9.07. The predicted octanol–water partition coefficient (Wildman–Crippen LogP) is 4.07. The Hall–Kier alpha value is -2.70. The van der Waals surface area contributed by atoms with Crippen LogP contribution in [0.5, 0.6) is 0 Å². The van der Waals surface area contributed by atoms with Crippen molar-refractivity contribution in [2.24, 2.45) is 16.7 Å². The van der Waals surface area contributed by atoms with Gasteiger partial charge >= 0.3 is 11.6 Å². The lowest BCUT2D eigenvalue weighted by molar-refractivity contribution is -0.384. The van der Waals surface area contributed by atoms with Crippen molar-refractivity contribution >= 4 is 22.6 Å². The molecule has 2 aliphatic carbocycles. The minimum absolute atomic E-state index is 0.0760. The standard InChI is InChI=1S/C20H21NO6/c1-19(2)12-6-7-20(19,3)16(10-12)27-18(23)14-9-11-8-13(21(24)25)4-5-15(11)26-17(14)22/h4-5,8-9,12,16H,6-7,10H2,1-3H3/t12-,16-,20-/m1/s1. The van der Waals surface area contributed by atoms with Gasteiger partial charge in [-0.25, -0.2) is 9.59 Å². The molecule has 142 valence electrons. The van der Waals surface area contributed by atoms with Crippen molar-refractivity contribution in [2.45, 2.75) is 46.1 Å². The summed E-state index contributed by atoms with van der Waals surface area (Å²) in [4.78, 5) is 35.3. The number of rotatable bonds is 3. The van der Waals surface area contributed by atoms with E-state index in [-0.39, 0.29) is 33.8 Å². The Morgan fingerprint density at radius 3 is 2.63 bits per heavy atom. The summed E-state index contributed by atoms with van der Waals surface area (Å²) >= 11 is 0. The number of non-ortho nitro benzene ring substituents is 1. The highest BCUT2D eigenvalue weighted by Crippen LogP contribution is 2.66. The topological polar surface area (TPSA) is 99.7 Å². The number of hydrogen-bond donors (Lipinski definition) is 0. The Balaban J connectivity index is 1.66. The van der Waals surface area contributed by atoms with E-state index in [4.69, 9.17) is 9.15 Å². The molecular weight excluding hydrogens is 350 g/mol. The van der Waals surface area contributed by atoms with Gasteiger partial charge in [0.05, 0.1) is 4.92 Å². The van der Waals surface area contributed by atoms with Crippen LogP contribution in [-0.2, 0) is 4.74 Å². The molecule has 27 heavy (non-hydrogen) atoms. The van der Waals surface area contributed by atoms with Crippen LogP contribution in [0, 0.1) is 26.9 Å². The lowest BCUT2D eigenvalue weighted by Gasteiger charge is -2.38. The fraction of sp³-hybridized carbons (Fsp3) is 0.500. The van der Waals surface area contributed by atoms with E-state index in [9.17, 15) is 19.7 Å². The molecule has 1 heterocycles. The Kier molecular flexibility index (Phi) is 3.70. The van der Waals surface area contributed by atoms with Crippen LogP contribution < -0.4 is 5.63 Å². The number of ether oxygens (including phenoxy) is 1. The van der Waals surface area contributed by atoms with Crippen LogP contribution in [0.15, 0.2) is 33.5 Å². The smallest absolute Gasteiger partial charge is 0.351 e. The zero-order chi connectivity index (χ0) is 19.6. The molecule has 1 aromatic heterocycles. The summed E-state index contributed by atoms with van der Waals surface area (Å²) in [5, 5.41) is 11.3. The number of carbonyl (C=O) groups is 1. The van der Waals surface area contributed by atoms with Gasteiger partial charge in [0, 0.05) is 22.9 Å². The van der Waals surface area contributed by atoms with Gasteiger partial charge < -0.3 is 9.15 Å². The molecule has 2 bridgehead atoms. The lowest BCUT2D eigenvalue weighted by atomic mass is 9.70. The summed E-state index contributed by atoms with van der Waals surface area (Å²) in [6.45, 7) is 6.56. The number of esters is 1. The maximum Gasteiger partial charge on any atom is 0.351 e. The van der Waals surface area contributed by atoms with Crippen LogP contribution in [0.3, 0.4) is 0 Å². The second kappa shape index (κ2) is 5.65. The number of fused-ring (bicyclic) bond motifs is 3. The predicted molar refractivity (Wildman–Crippen MR) is 97.6 cm³/mol. The summed E-state index contributed by atoms with van der Waals surface area (Å²) < 4.78 is 10.9. The van der Waals surface area contributed by atoms with Crippen LogP contribution in [0.25, 0.3) is 11.0 Å². The fourth-order valence-corrected chi connectivity index (χ4v) is 4.87. The van der Waals surface area contributed by atoms with Crippen molar-refractivity contribution in [2.75, 3.05) is 0 Å². The molecule has 0 N–H and O–H groups in total.